The fraction of sp³-hybridized carbons (Fsp3) is 0.378. The highest BCUT2D eigenvalue weighted by atomic mass is 32.2. The van der Waals surface area contributed by atoms with Crippen LogP contribution in [0.5, 0.6) is 17.2 Å². The minimum absolute atomic E-state index is 0.209. The molecule has 1 heterocycles. The van der Waals surface area contributed by atoms with Gasteiger partial charge in [-0.3, -0.25) is 14.4 Å². The number of aromatic nitrogens is 1. The number of rotatable bonds is 14. The Morgan fingerprint density at radius 3 is 2.49 bits per heavy atom. The maximum absolute atomic E-state index is 14.0. The first-order chi connectivity index (χ1) is 23.7. The summed E-state index contributed by atoms with van der Waals surface area (Å²) in [4.78, 5) is 40.2. The molecule has 0 aliphatic heterocycles. The molecule has 3 aromatic carbocycles. The SMILES string of the molecule is COCCn1ccc2c(NC(=O)[C@H](CCSC)Nc3ccc4c(cc3=O)[C@@H](NC(C)=O)CCc3cc(OC)c(OC)c(OC)c3-4)cccc21. The van der Waals surface area contributed by atoms with Crippen LogP contribution in [0.1, 0.15) is 36.9 Å². The molecule has 1 aliphatic rings. The van der Waals surface area contributed by atoms with Crippen molar-refractivity contribution in [2.24, 2.45) is 0 Å². The Balaban J connectivity index is 1.56. The van der Waals surface area contributed by atoms with Crippen molar-refractivity contribution in [3.63, 3.8) is 0 Å². The maximum Gasteiger partial charge on any atom is 0.246 e. The lowest BCUT2D eigenvalue weighted by Gasteiger charge is -2.19. The fourth-order valence-electron chi connectivity index (χ4n) is 6.46. The van der Waals surface area contributed by atoms with Crippen LogP contribution in [0, 0.1) is 0 Å². The molecule has 260 valence electrons. The molecule has 11 nitrogen and oxygen atoms in total. The molecule has 0 spiro atoms. The summed E-state index contributed by atoms with van der Waals surface area (Å²) < 4.78 is 24.6. The van der Waals surface area contributed by atoms with Crippen molar-refractivity contribution < 1.29 is 28.5 Å². The van der Waals surface area contributed by atoms with E-state index in [4.69, 9.17) is 18.9 Å². The third-order valence-corrected chi connectivity index (χ3v) is 9.42. The lowest BCUT2D eigenvalue weighted by molar-refractivity contribution is -0.120. The third kappa shape index (κ3) is 7.65. The number of aryl methyl sites for hydroxylation is 1. The number of carbonyl (C=O) groups is 2. The van der Waals surface area contributed by atoms with E-state index in [1.807, 2.05) is 48.9 Å². The summed E-state index contributed by atoms with van der Waals surface area (Å²) in [6, 6.07) is 13.6. The minimum atomic E-state index is -0.703. The number of carbonyl (C=O) groups excluding carboxylic acids is 2. The molecule has 2 amide bonds. The van der Waals surface area contributed by atoms with Crippen LogP contribution in [0.3, 0.4) is 0 Å². The predicted molar refractivity (Wildman–Crippen MR) is 196 cm³/mol. The van der Waals surface area contributed by atoms with Gasteiger partial charge in [-0.15, -0.1) is 0 Å². The molecule has 0 fully saturated rings. The lowest BCUT2D eigenvalue weighted by atomic mass is 9.95. The van der Waals surface area contributed by atoms with E-state index in [-0.39, 0.29) is 22.9 Å². The summed E-state index contributed by atoms with van der Waals surface area (Å²) >= 11 is 1.62. The average Bonchev–Trinajstić information content (AvgIpc) is 3.38. The van der Waals surface area contributed by atoms with Gasteiger partial charge in [-0.2, -0.15) is 11.8 Å². The van der Waals surface area contributed by atoms with Crippen molar-refractivity contribution in [1.82, 2.24) is 9.88 Å². The average molecular weight is 689 g/mol. The van der Waals surface area contributed by atoms with Crippen LogP contribution in [-0.2, 0) is 27.3 Å². The smallest absolute Gasteiger partial charge is 0.246 e. The zero-order valence-corrected chi connectivity index (χ0v) is 29.6. The highest BCUT2D eigenvalue weighted by Gasteiger charge is 2.30. The number of anilines is 2. The van der Waals surface area contributed by atoms with E-state index in [0.29, 0.717) is 72.2 Å². The summed E-state index contributed by atoms with van der Waals surface area (Å²) in [5, 5.41) is 10.3. The molecule has 4 aromatic rings. The summed E-state index contributed by atoms with van der Waals surface area (Å²) in [6.45, 7) is 2.72. The molecule has 1 aromatic heterocycles. The molecular weight excluding hydrogens is 644 g/mol. The van der Waals surface area contributed by atoms with E-state index < -0.39 is 12.1 Å². The second kappa shape index (κ2) is 16.1. The first-order valence-electron chi connectivity index (χ1n) is 16.1. The second-order valence-corrected chi connectivity index (χ2v) is 12.8. The number of thioether (sulfide) groups is 1. The first-order valence-corrected chi connectivity index (χ1v) is 17.5. The van der Waals surface area contributed by atoms with Crippen LogP contribution in [-0.4, -0.2) is 69.5 Å². The fourth-order valence-corrected chi connectivity index (χ4v) is 6.93. The van der Waals surface area contributed by atoms with E-state index in [1.54, 1.807) is 52.3 Å². The maximum atomic E-state index is 14.0. The molecule has 3 N–H and O–H groups in total. The molecule has 0 radical (unpaired) electrons. The van der Waals surface area contributed by atoms with E-state index in [9.17, 15) is 14.4 Å². The Labute approximate surface area is 290 Å². The van der Waals surface area contributed by atoms with Gasteiger partial charge in [0.1, 0.15) is 6.04 Å². The van der Waals surface area contributed by atoms with Crippen LogP contribution < -0.4 is 35.6 Å². The Kier molecular flexibility index (Phi) is 11.7. The minimum Gasteiger partial charge on any atom is -0.493 e. The number of methoxy groups -OCH3 is 4. The van der Waals surface area contributed by atoms with Crippen molar-refractivity contribution in [1.29, 1.82) is 0 Å². The molecule has 0 saturated heterocycles. The molecule has 12 heteroatoms. The van der Waals surface area contributed by atoms with Crippen LogP contribution in [0.2, 0.25) is 0 Å². The Morgan fingerprint density at radius 2 is 1.80 bits per heavy atom. The van der Waals surface area contributed by atoms with Gasteiger partial charge in [-0.1, -0.05) is 12.1 Å². The number of nitrogens with one attached hydrogen (secondary N) is 3. The van der Waals surface area contributed by atoms with Crippen LogP contribution in [0.15, 0.2) is 59.5 Å². The van der Waals surface area contributed by atoms with Crippen LogP contribution in [0.25, 0.3) is 22.0 Å². The topological polar surface area (TPSA) is 129 Å². The zero-order chi connectivity index (χ0) is 35.1. The summed E-state index contributed by atoms with van der Waals surface area (Å²) in [6.07, 6.45) is 5.58. The lowest BCUT2D eigenvalue weighted by Crippen LogP contribution is -2.36. The molecule has 0 saturated carbocycles. The van der Waals surface area contributed by atoms with Crippen molar-refractivity contribution in [2.45, 2.75) is 44.8 Å². The number of ether oxygens (including phenoxy) is 4. The Hall–Kier alpha value is -4.68. The van der Waals surface area contributed by atoms with Crippen molar-refractivity contribution in [3.8, 4) is 28.4 Å². The number of hydrogen-bond donors (Lipinski definition) is 3. The second-order valence-electron chi connectivity index (χ2n) is 11.8. The van der Waals surface area contributed by atoms with E-state index in [2.05, 4.69) is 20.5 Å². The summed E-state index contributed by atoms with van der Waals surface area (Å²) in [5.74, 6) is 1.66. The normalized spacial score (nSPS) is 14.2. The van der Waals surface area contributed by atoms with E-state index in [1.165, 1.54) is 6.92 Å². The number of amides is 2. The molecule has 49 heavy (non-hydrogen) atoms. The first kappa shape index (κ1) is 35.6. The van der Waals surface area contributed by atoms with Crippen molar-refractivity contribution in [2.75, 3.05) is 57.7 Å². The highest BCUT2D eigenvalue weighted by molar-refractivity contribution is 7.98. The largest absolute Gasteiger partial charge is 0.493 e. The molecule has 1 aliphatic carbocycles. The van der Waals surface area contributed by atoms with Crippen molar-refractivity contribution >= 4 is 45.9 Å². The van der Waals surface area contributed by atoms with Gasteiger partial charge in [0.25, 0.3) is 0 Å². The number of benzene rings is 2. The summed E-state index contributed by atoms with van der Waals surface area (Å²) in [7, 11) is 6.34. The highest BCUT2D eigenvalue weighted by Crippen LogP contribution is 2.50. The van der Waals surface area contributed by atoms with Gasteiger partial charge in [0.15, 0.2) is 11.5 Å². The van der Waals surface area contributed by atoms with Crippen LogP contribution in [0.4, 0.5) is 11.4 Å². The van der Waals surface area contributed by atoms with Gasteiger partial charge >= 0.3 is 0 Å². The van der Waals surface area contributed by atoms with Gasteiger partial charge in [0, 0.05) is 37.7 Å². The molecule has 2 atom stereocenters. The number of nitrogens with zero attached hydrogens (tertiary/aromatic N) is 1. The summed E-state index contributed by atoms with van der Waals surface area (Å²) in [5.41, 5.74) is 4.68. The van der Waals surface area contributed by atoms with Gasteiger partial charge in [-0.05, 0) is 84.4 Å². The predicted octanol–water partition coefficient (Wildman–Crippen LogP) is 5.64. The Bertz CT molecular complexity index is 1890. The van der Waals surface area contributed by atoms with E-state index in [0.717, 1.165) is 22.0 Å². The van der Waals surface area contributed by atoms with Gasteiger partial charge < -0.3 is 39.5 Å². The monoisotopic (exact) mass is 688 g/mol. The number of hydrogen-bond acceptors (Lipinski definition) is 9. The van der Waals surface area contributed by atoms with Crippen molar-refractivity contribution in [3.05, 3.63) is 76.1 Å². The van der Waals surface area contributed by atoms with Gasteiger partial charge in [0.05, 0.1) is 50.9 Å². The number of fused-ring (bicyclic) bond motifs is 4. The molecule has 0 bridgehead atoms. The van der Waals surface area contributed by atoms with Gasteiger partial charge in [0.2, 0.25) is 23.0 Å². The third-order valence-electron chi connectivity index (χ3n) is 8.78. The molecule has 5 rings (SSSR count). The quantitative estimate of drug-likeness (QED) is 0.154. The van der Waals surface area contributed by atoms with Gasteiger partial charge in [-0.25, -0.2) is 0 Å². The van der Waals surface area contributed by atoms with Crippen LogP contribution >= 0.6 is 11.8 Å². The zero-order valence-electron chi connectivity index (χ0n) is 28.8. The van der Waals surface area contributed by atoms with E-state index >= 15 is 0 Å². The standard InChI is InChI=1S/C37H44N4O7S/c1-22(42)38-28-12-10-23-20-33(46-3)35(47-4)36(48-5)34(23)24-11-13-29(32(43)21-26(24)28)39-30(15-19-49-6)37(44)40-27-8-7-9-31-25(27)14-16-41(31)17-18-45-2/h7-9,11,13-14,16,20-21,28,30H,10,12,15,17-19H2,1-6H3,(H,38,42)(H,39,43)(H,40,44)/t28-,30-/m0/s1. The Morgan fingerprint density at radius 1 is 1.00 bits per heavy atom. The molecule has 0 unspecified atom stereocenters. The molecular formula is C37H44N4O7S.